The monoisotopic (exact) mass is 640 g/mol. The number of aliphatic hydroxyl groups excluding tert-OH is 1. The van der Waals surface area contributed by atoms with E-state index < -0.39 is 17.6 Å². The Morgan fingerprint density at radius 2 is 1.84 bits per heavy atom. The Morgan fingerprint density at radius 3 is 2.57 bits per heavy atom. The topological polar surface area (TPSA) is 150 Å². The molecule has 230 valence electrons. The van der Waals surface area contributed by atoms with E-state index in [2.05, 4.69) is 25.7 Å². The second kappa shape index (κ2) is 13.7. The van der Waals surface area contributed by atoms with Gasteiger partial charge in [0.25, 0.3) is 11.5 Å². The Labute approximate surface area is 262 Å². The van der Waals surface area contributed by atoms with E-state index in [9.17, 15) is 14.7 Å². The molecule has 1 aliphatic heterocycles. The first-order chi connectivity index (χ1) is 21.2. The minimum Gasteiger partial charge on any atom is -0.480 e. The highest BCUT2D eigenvalue weighted by atomic mass is 35.5. The van der Waals surface area contributed by atoms with Crippen molar-refractivity contribution in [3.8, 4) is 34.1 Å². The summed E-state index contributed by atoms with van der Waals surface area (Å²) in [6, 6.07) is 11.6. The van der Waals surface area contributed by atoms with Crippen LogP contribution < -0.4 is 25.7 Å². The summed E-state index contributed by atoms with van der Waals surface area (Å²) < 4.78 is 16.9. The average molecular weight is 642 g/mol. The van der Waals surface area contributed by atoms with Crippen LogP contribution >= 0.6 is 23.2 Å². The molecule has 1 amide bonds. The van der Waals surface area contributed by atoms with Gasteiger partial charge in [0, 0.05) is 49.0 Å². The van der Waals surface area contributed by atoms with Crippen molar-refractivity contribution in [2.45, 2.75) is 25.1 Å². The number of nitrogens with one attached hydrogen (secondary N) is 2. The zero-order valence-corrected chi connectivity index (χ0v) is 25.6. The number of aryl methyl sites for hydroxylation is 1. The number of anilines is 1. The first-order valence-corrected chi connectivity index (χ1v) is 14.4. The summed E-state index contributed by atoms with van der Waals surface area (Å²) >= 11 is 13.7. The van der Waals surface area contributed by atoms with Gasteiger partial charge in [0.05, 0.1) is 54.6 Å². The quantitative estimate of drug-likeness (QED) is 0.247. The minimum atomic E-state index is -0.673. The summed E-state index contributed by atoms with van der Waals surface area (Å²) in [5, 5.41) is 20.7. The fourth-order valence-electron chi connectivity index (χ4n) is 4.81. The summed E-state index contributed by atoms with van der Waals surface area (Å²) in [4.78, 5) is 34.8. The lowest BCUT2D eigenvalue weighted by atomic mass is 10.0. The number of halogens is 2. The molecule has 3 N–H and O–H groups in total. The maximum atomic E-state index is 13.1. The number of benzene rings is 2. The number of amides is 1. The predicted octanol–water partition coefficient (Wildman–Crippen LogP) is 3.72. The molecule has 2 atom stereocenters. The lowest BCUT2D eigenvalue weighted by molar-refractivity contribution is -0.0281. The van der Waals surface area contributed by atoms with Gasteiger partial charge < -0.3 is 30.0 Å². The molecule has 1 aliphatic rings. The van der Waals surface area contributed by atoms with Crippen molar-refractivity contribution in [3.63, 3.8) is 0 Å². The summed E-state index contributed by atoms with van der Waals surface area (Å²) in [5.41, 5.74) is 2.32. The standard InChI is InChI=1S/C30H30Cl2N6O6/c1-38-30(41)19(12-25(37-38)42-2)28(40)35-21-9-5-7-17(27(21)32)16-6-4-8-18(26(16)31)22-13-34-23(29(36-22)43-3)14-33-20-10-11-44-15-24(20)39/h4-9,12-13,20,24,33,39H,10-11,14-15H2,1-3H3,(H,35,40)/t20-,24+/m1/s1. The maximum Gasteiger partial charge on any atom is 0.279 e. The fourth-order valence-corrected chi connectivity index (χ4v) is 5.41. The van der Waals surface area contributed by atoms with E-state index in [0.717, 1.165) is 4.68 Å². The number of hydrogen-bond acceptors (Lipinski definition) is 10. The van der Waals surface area contributed by atoms with Crippen molar-refractivity contribution in [1.82, 2.24) is 25.1 Å². The van der Waals surface area contributed by atoms with Crippen LogP contribution in [0.15, 0.2) is 53.5 Å². The Morgan fingerprint density at radius 1 is 1.11 bits per heavy atom. The highest BCUT2D eigenvalue weighted by molar-refractivity contribution is 6.39. The van der Waals surface area contributed by atoms with Crippen LogP contribution in [0.25, 0.3) is 22.4 Å². The Balaban J connectivity index is 1.41. The Kier molecular flexibility index (Phi) is 9.77. The minimum absolute atomic E-state index is 0.114. The van der Waals surface area contributed by atoms with E-state index >= 15 is 0 Å². The van der Waals surface area contributed by atoms with Crippen LogP contribution in [0, 0.1) is 0 Å². The van der Waals surface area contributed by atoms with Gasteiger partial charge in [0.1, 0.15) is 11.3 Å². The number of ether oxygens (including phenoxy) is 3. The third kappa shape index (κ3) is 6.54. The molecule has 44 heavy (non-hydrogen) atoms. The van der Waals surface area contributed by atoms with E-state index in [1.54, 1.807) is 42.6 Å². The molecule has 4 aromatic rings. The summed E-state index contributed by atoms with van der Waals surface area (Å²) in [5.74, 6) is -0.240. The molecule has 14 heteroatoms. The number of aromatic nitrogens is 4. The molecule has 3 heterocycles. The van der Waals surface area contributed by atoms with Crippen molar-refractivity contribution in [2.24, 2.45) is 7.05 Å². The largest absolute Gasteiger partial charge is 0.480 e. The van der Waals surface area contributed by atoms with Gasteiger partial charge in [0.15, 0.2) is 0 Å². The van der Waals surface area contributed by atoms with Gasteiger partial charge >= 0.3 is 0 Å². The number of carbonyl (C=O) groups is 1. The molecular weight excluding hydrogens is 611 g/mol. The van der Waals surface area contributed by atoms with Gasteiger partial charge in [-0.1, -0.05) is 53.5 Å². The van der Waals surface area contributed by atoms with Gasteiger partial charge in [-0.2, -0.15) is 0 Å². The predicted molar refractivity (Wildman–Crippen MR) is 166 cm³/mol. The lowest BCUT2D eigenvalue weighted by Crippen LogP contribution is -2.46. The van der Waals surface area contributed by atoms with Gasteiger partial charge in [-0.25, -0.2) is 9.67 Å². The second-order valence-corrected chi connectivity index (χ2v) is 10.7. The number of rotatable bonds is 9. The highest BCUT2D eigenvalue weighted by Gasteiger charge is 2.24. The van der Waals surface area contributed by atoms with E-state index in [1.807, 2.05) is 0 Å². The first kappa shape index (κ1) is 31.4. The van der Waals surface area contributed by atoms with Gasteiger partial charge in [-0.15, -0.1) is 5.10 Å². The summed E-state index contributed by atoms with van der Waals surface area (Å²) in [6.45, 7) is 1.20. The van der Waals surface area contributed by atoms with Crippen LogP contribution in [-0.4, -0.2) is 70.3 Å². The van der Waals surface area contributed by atoms with Gasteiger partial charge in [-0.3, -0.25) is 14.6 Å². The molecule has 1 saturated heterocycles. The number of carbonyl (C=O) groups excluding carboxylic acids is 1. The van der Waals surface area contributed by atoms with E-state index in [1.165, 1.54) is 27.3 Å². The molecule has 0 spiro atoms. The van der Waals surface area contributed by atoms with Crippen LogP contribution in [0.4, 0.5) is 5.69 Å². The normalized spacial score (nSPS) is 16.4. The van der Waals surface area contributed by atoms with Crippen molar-refractivity contribution < 1.29 is 24.1 Å². The molecule has 2 aromatic heterocycles. The van der Waals surface area contributed by atoms with Gasteiger partial charge in [-0.05, 0) is 12.5 Å². The van der Waals surface area contributed by atoms with Crippen molar-refractivity contribution in [1.29, 1.82) is 0 Å². The van der Waals surface area contributed by atoms with Crippen molar-refractivity contribution >= 4 is 34.8 Å². The van der Waals surface area contributed by atoms with E-state index in [-0.39, 0.29) is 34.8 Å². The van der Waals surface area contributed by atoms with Gasteiger partial charge in [0.2, 0.25) is 11.8 Å². The third-order valence-electron chi connectivity index (χ3n) is 7.17. The number of methoxy groups -OCH3 is 2. The molecule has 0 unspecified atom stereocenters. The number of aliphatic hydroxyl groups is 1. The molecule has 0 aliphatic carbocycles. The van der Waals surface area contributed by atoms with E-state index in [0.29, 0.717) is 58.6 Å². The molecule has 5 rings (SSSR count). The molecule has 0 saturated carbocycles. The third-order valence-corrected chi connectivity index (χ3v) is 7.98. The zero-order chi connectivity index (χ0) is 31.4. The average Bonchev–Trinajstić information content (AvgIpc) is 3.03. The summed E-state index contributed by atoms with van der Waals surface area (Å²) in [7, 11) is 4.32. The number of hydrogen-bond donors (Lipinski definition) is 3. The van der Waals surface area contributed by atoms with Crippen LogP contribution in [0.5, 0.6) is 11.8 Å². The van der Waals surface area contributed by atoms with Crippen LogP contribution in [0.1, 0.15) is 22.5 Å². The molecular formula is C30H30Cl2N6O6. The molecule has 0 radical (unpaired) electrons. The zero-order valence-electron chi connectivity index (χ0n) is 24.1. The van der Waals surface area contributed by atoms with Crippen molar-refractivity contribution in [3.05, 3.63) is 80.3 Å². The molecule has 0 bridgehead atoms. The summed E-state index contributed by atoms with van der Waals surface area (Å²) in [6.07, 6.45) is 1.68. The smallest absolute Gasteiger partial charge is 0.279 e. The Hall–Kier alpha value is -4.07. The van der Waals surface area contributed by atoms with Crippen LogP contribution in [-0.2, 0) is 18.3 Å². The highest BCUT2D eigenvalue weighted by Crippen LogP contribution is 2.41. The fraction of sp³-hybridized carbons (Fsp3) is 0.300. The number of nitrogens with zero attached hydrogens (tertiary/aromatic N) is 4. The first-order valence-electron chi connectivity index (χ1n) is 13.6. The van der Waals surface area contributed by atoms with E-state index in [4.69, 9.17) is 37.4 Å². The SMILES string of the molecule is COc1cc(C(=O)Nc2cccc(-c3cccc(-c4cnc(CN[C@@H]5CCOC[C@@H]5O)c(OC)n4)c3Cl)c2Cl)c(=O)n(C)n1. The van der Waals surface area contributed by atoms with Crippen molar-refractivity contribution in [2.75, 3.05) is 32.8 Å². The van der Waals surface area contributed by atoms with Crippen LogP contribution in [0.2, 0.25) is 10.0 Å². The molecule has 1 fully saturated rings. The molecule has 2 aromatic carbocycles. The maximum absolute atomic E-state index is 13.1. The second-order valence-electron chi connectivity index (χ2n) is 9.95. The lowest BCUT2D eigenvalue weighted by Gasteiger charge is -2.28. The molecule has 12 nitrogen and oxygen atoms in total. The Bertz CT molecular complexity index is 1750. The van der Waals surface area contributed by atoms with Crippen LogP contribution in [0.3, 0.4) is 0 Å².